The Morgan fingerprint density at radius 2 is 1.64 bits per heavy atom. The van der Waals surface area contributed by atoms with E-state index in [-0.39, 0.29) is 0 Å². The maximum absolute atomic E-state index is 4.73. The van der Waals surface area contributed by atoms with Gasteiger partial charge in [-0.25, -0.2) is 0 Å². The van der Waals surface area contributed by atoms with Gasteiger partial charge < -0.3 is 0 Å². The van der Waals surface area contributed by atoms with Crippen molar-refractivity contribution < 1.29 is 0 Å². The predicted octanol–water partition coefficient (Wildman–Crippen LogP) is 4.79. The van der Waals surface area contributed by atoms with Crippen molar-refractivity contribution in [3.8, 4) is 0 Å². The molecule has 0 aliphatic rings. The SMILES string of the molecule is CCCCC(C)C(C(C)C)C(S)CC. The fourth-order valence-electron chi connectivity index (χ4n) is 2.47. The zero-order valence-electron chi connectivity index (χ0n) is 10.6. The molecule has 0 rings (SSSR count). The van der Waals surface area contributed by atoms with Crippen LogP contribution in [0.1, 0.15) is 60.3 Å². The first-order valence-electron chi connectivity index (χ1n) is 6.22. The first-order chi connectivity index (χ1) is 6.54. The Morgan fingerprint density at radius 3 is 2.00 bits per heavy atom. The van der Waals surface area contributed by atoms with Crippen molar-refractivity contribution in [3.63, 3.8) is 0 Å². The Bertz CT molecular complexity index is 131. The van der Waals surface area contributed by atoms with E-state index < -0.39 is 0 Å². The molecule has 0 aliphatic carbocycles. The van der Waals surface area contributed by atoms with E-state index in [0.717, 1.165) is 17.8 Å². The average molecular weight is 216 g/mol. The van der Waals surface area contributed by atoms with Crippen LogP contribution < -0.4 is 0 Å². The van der Waals surface area contributed by atoms with Crippen LogP contribution in [0.2, 0.25) is 0 Å². The lowest BCUT2D eigenvalue weighted by Crippen LogP contribution is -2.27. The Kier molecular flexibility index (Phi) is 7.81. The van der Waals surface area contributed by atoms with E-state index in [1.165, 1.54) is 25.7 Å². The van der Waals surface area contributed by atoms with Gasteiger partial charge in [0.2, 0.25) is 0 Å². The quantitative estimate of drug-likeness (QED) is 0.581. The molecule has 0 bridgehead atoms. The van der Waals surface area contributed by atoms with E-state index in [1.54, 1.807) is 0 Å². The average Bonchev–Trinajstić information content (AvgIpc) is 2.14. The summed E-state index contributed by atoms with van der Waals surface area (Å²) in [6, 6.07) is 0. The van der Waals surface area contributed by atoms with E-state index in [1.807, 2.05) is 0 Å². The molecule has 0 heterocycles. The molecule has 3 unspecified atom stereocenters. The Morgan fingerprint density at radius 1 is 1.07 bits per heavy atom. The van der Waals surface area contributed by atoms with Crippen LogP contribution in [-0.2, 0) is 0 Å². The van der Waals surface area contributed by atoms with Crippen LogP contribution in [0.15, 0.2) is 0 Å². The van der Waals surface area contributed by atoms with Crippen molar-refractivity contribution in [3.05, 3.63) is 0 Å². The molecule has 1 heteroatoms. The maximum Gasteiger partial charge on any atom is 0.00474 e. The molecule has 0 saturated heterocycles. The molecule has 0 aliphatic heterocycles. The van der Waals surface area contributed by atoms with Gasteiger partial charge in [-0.05, 0) is 24.2 Å². The molecule has 0 saturated carbocycles. The van der Waals surface area contributed by atoms with Crippen LogP contribution in [0.4, 0.5) is 0 Å². The van der Waals surface area contributed by atoms with Crippen LogP contribution >= 0.6 is 12.6 Å². The number of thiol groups is 1. The summed E-state index contributed by atoms with van der Waals surface area (Å²) < 4.78 is 0. The van der Waals surface area contributed by atoms with Crippen molar-refractivity contribution in [2.24, 2.45) is 17.8 Å². The van der Waals surface area contributed by atoms with Gasteiger partial charge in [-0.1, -0.05) is 53.9 Å². The van der Waals surface area contributed by atoms with Crippen molar-refractivity contribution in [2.75, 3.05) is 0 Å². The van der Waals surface area contributed by atoms with Gasteiger partial charge in [0.05, 0.1) is 0 Å². The summed E-state index contributed by atoms with van der Waals surface area (Å²) in [5, 5.41) is 0.585. The topological polar surface area (TPSA) is 0 Å². The number of hydrogen-bond donors (Lipinski definition) is 1. The van der Waals surface area contributed by atoms with E-state index in [4.69, 9.17) is 12.6 Å². The summed E-state index contributed by atoms with van der Waals surface area (Å²) in [4.78, 5) is 0. The smallest absolute Gasteiger partial charge is 0.00474 e. The normalized spacial score (nSPS) is 18.2. The fraction of sp³-hybridized carbons (Fsp3) is 1.00. The predicted molar refractivity (Wildman–Crippen MR) is 70.1 cm³/mol. The molecule has 0 nitrogen and oxygen atoms in total. The second-order valence-electron chi connectivity index (χ2n) is 4.92. The summed E-state index contributed by atoms with van der Waals surface area (Å²) >= 11 is 4.73. The third kappa shape index (κ3) is 4.72. The van der Waals surface area contributed by atoms with E-state index in [2.05, 4.69) is 34.6 Å². The molecule has 0 spiro atoms. The summed E-state index contributed by atoms with van der Waals surface area (Å²) in [7, 11) is 0. The molecule has 0 amide bonds. The molecular formula is C13H28S. The number of hydrogen-bond acceptors (Lipinski definition) is 1. The number of unbranched alkanes of at least 4 members (excludes halogenated alkanes) is 1. The lowest BCUT2D eigenvalue weighted by Gasteiger charge is -2.32. The van der Waals surface area contributed by atoms with Crippen molar-refractivity contribution in [1.82, 2.24) is 0 Å². The van der Waals surface area contributed by atoms with Gasteiger partial charge in [-0.3, -0.25) is 0 Å². The minimum atomic E-state index is 0.585. The minimum absolute atomic E-state index is 0.585. The third-order valence-corrected chi connectivity index (χ3v) is 4.01. The first kappa shape index (κ1) is 14.3. The van der Waals surface area contributed by atoms with Crippen molar-refractivity contribution >= 4 is 12.6 Å². The Labute approximate surface area is 96.3 Å². The van der Waals surface area contributed by atoms with Gasteiger partial charge in [0.25, 0.3) is 0 Å². The van der Waals surface area contributed by atoms with Crippen LogP contribution in [0.3, 0.4) is 0 Å². The fourth-order valence-corrected chi connectivity index (χ4v) is 3.11. The molecule has 0 N–H and O–H groups in total. The molecule has 3 atom stereocenters. The van der Waals surface area contributed by atoms with Crippen LogP contribution in [0.25, 0.3) is 0 Å². The largest absolute Gasteiger partial charge is 0.176 e. The van der Waals surface area contributed by atoms with Gasteiger partial charge in [0, 0.05) is 5.25 Å². The van der Waals surface area contributed by atoms with Gasteiger partial charge in [0.1, 0.15) is 0 Å². The highest BCUT2D eigenvalue weighted by Crippen LogP contribution is 2.32. The standard InChI is InChI=1S/C13H28S/c1-6-8-9-11(5)13(10(3)4)12(14)7-2/h10-14H,6-9H2,1-5H3. The van der Waals surface area contributed by atoms with Crippen LogP contribution in [0, 0.1) is 17.8 Å². The van der Waals surface area contributed by atoms with Gasteiger partial charge in [-0.2, -0.15) is 12.6 Å². The Hall–Kier alpha value is 0.350. The Balaban J connectivity index is 4.18. The summed E-state index contributed by atoms with van der Waals surface area (Å²) in [6.07, 6.45) is 5.26. The van der Waals surface area contributed by atoms with Gasteiger partial charge >= 0.3 is 0 Å². The van der Waals surface area contributed by atoms with E-state index in [0.29, 0.717) is 5.25 Å². The van der Waals surface area contributed by atoms with Gasteiger partial charge in [-0.15, -0.1) is 0 Å². The van der Waals surface area contributed by atoms with Crippen molar-refractivity contribution in [1.29, 1.82) is 0 Å². The molecule has 0 aromatic heterocycles. The van der Waals surface area contributed by atoms with Crippen LogP contribution in [-0.4, -0.2) is 5.25 Å². The molecule has 0 fully saturated rings. The molecule has 0 radical (unpaired) electrons. The second-order valence-corrected chi connectivity index (χ2v) is 5.58. The highest BCUT2D eigenvalue weighted by Gasteiger charge is 2.25. The first-order valence-corrected chi connectivity index (χ1v) is 6.74. The lowest BCUT2D eigenvalue weighted by molar-refractivity contribution is 0.244. The lowest BCUT2D eigenvalue weighted by atomic mass is 9.78. The summed E-state index contributed by atoms with van der Waals surface area (Å²) in [5.74, 6) is 2.39. The monoisotopic (exact) mass is 216 g/mol. The molecule has 86 valence electrons. The molecule has 14 heavy (non-hydrogen) atoms. The minimum Gasteiger partial charge on any atom is -0.176 e. The maximum atomic E-state index is 4.73. The highest BCUT2D eigenvalue weighted by atomic mass is 32.1. The van der Waals surface area contributed by atoms with E-state index >= 15 is 0 Å². The van der Waals surface area contributed by atoms with Gasteiger partial charge in [0.15, 0.2) is 0 Å². The zero-order valence-corrected chi connectivity index (χ0v) is 11.5. The third-order valence-electron chi connectivity index (χ3n) is 3.30. The zero-order chi connectivity index (χ0) is 11.1. The second kappa shape index (κ2) is 7.62. The molecule has 0 aromatic carbocycles. The number of rotatable bonds is 7. The summed E-state index contributed by atoms with van der Waals surface area (Å²) in [5.41, 5.74) is 0. The van der Waals surface area contributed by atoms with Crippen molar-refractivity contribution in [2.45, 2.75) is 65.6 Å². The molecule has 0 aromatic rings. The van der Waals surface area contributed by atoms with Crippen LogP contribution in [0.5, 0.6) is 0 Å². The highest BCUT2D eigenvalue weighted by molar-refractivity contribution is 7.81. The summed E-state index contributed by atoms with van der Waals surface area (Å²) in [6.45, 7) is 11.6. The van der Waals surface area contributed by atoms with E-state index in [9.17, 15) is 0 Å². The molecular weight excluding hydrogens is 188 g/mol.